The third kappa shape index (κ3) is 5.67. The van der Waals surface area contributed by atoms with Crippen LogP contribution in [0.15, 0.2) is 48.2 Å². The molecule has 1 fully saturated rings. The Hall–Kier alpha value is -3.13. The molecule has 0 unspecified atom stereocenters. The number of urea groups is 1. The molecule has 34 heavy (non-hydrogen) atoms. The van der Waals surface area contributed by atoms with Crippen LogP contribution in [0.3, 0.4) is 0 Å². The number of esters is 2. The lowest BCUT2D eigenvalue weighted by Crippen LogP contribution is -2.51. The van der Waals surface area contributed by atoms with Gasteiger partial charge < -0.3 is 14.8 Å². The third-order valence-electron chi connectivity index (χ3n) is 6.33. The van der Waals surface area contributed by atoms with Crippen molar-refractivity contribution in [1.82, 2.24) is 15.1 Å². The summed E-state index contributed by atoms with van der Waals surface area (Å²) in [6.07, 6.45) is 2.99. The fourth-order valence-electron chi connectivity index (χ4n) is 4.59. The lowest BCUT2D eigenvalue weighted by atomic mass is 9.91. The maximum Gasteiger partial charge on any atom is 0.338 e. The molecular formula is C26H35N3O5. The molecule has 0 aromatic heterocycles. The first-order valence-electron chi connectivity index (χ1n) is 11.9. The van der Waals surface area contributed by atoms with E-state index in [-0.39, 0.29) is 31.1 Å². The van der Waals surface area contributed by atoms with Gasteiger partial charge in [-0.05, 0) is 57.8 Å². The number of ether oxygens (including phenoxy) is 2. The van der Waals surface area contributed by atoms with Crippen molar-refractivity contribution in [3.05, 3.63) is 59.3 Å². The summed E-state index contributed by atoms with van der Waals surface area (Å²) in [6.45, 7) is 11.9. The molecule has 1 aromatic rings. The first-order chi connectivity index (χ1) is 16.4. The van der Waals surface area contributed by atoms with E-state index in [0.717, 1.165) is 11.1 Å². The molecule has 2 amide bonds. The summed E-state index contributed by atoms with van der Waals surface area (Å²) in [5, 5.41) is 3.00. The van der Waals surface area contributed by atoms with Crippen LogP contribution in [0.1, 0.15) is 43.9 Å². The van der Waals surface area contributed by atoms with E-state index in [2.05, 4.69) is 16.8 Å². The Morgan fingerprint density at radius 3 is 2.44 bits per heavy atom. The van der Waals surface area contributed by atoms with E-state index >= 15 is 0 Å². The predicted molar refractivity (Wildman–Crippen MR) is 129 cm³/mol. The molecule has 0 spiro atoms. The molecule has 2 heterocycles. The lowest BCUT2D eigenvalue weighted by molar-refractivity contribution is -0.149. The number of piperidine rings is 1. The van der Waals surface area contributed by atoms with E-state index in [1.54, 1.807) is 17.9 Å². The zero-order chi connectivity index (χ0) is 24.7. The van der Waals surface area contributed by atoms with E-state index in [4.69, 9.17) is 9.47 Å². The minimum absolute atomic E-state index is 0.117. The summed E-state index contributed by atoms with van der Waals surface area (Å²) in [5.41, 5.74) is 2.88. The van der Waals surface area contributed by atoms with E-state index in [0.29, 0.717) is 50.4 Å². The first kappa shape index (κ1) is 25.5. The van der Waals surface area contributed by atoms with E-state index in [1.165, 1.54) is 0 Å². The summed E-state index contributed by atoms with van der Waals surface area (Å²) in [6, 6.07) is 6.81. The number of likely N-dealkylation sites (tertiary alicyclic amines) is 1. The van der Waals surface area contributed by atoms with Crippen molar-refractivity contribution in [1.29, 1.82) is 0 Å². The Kier molecular flexibility index (Phi) is 8.87. The highest BCUT2D eigenvalue weighted by atomic mass is 16.5. The number of carbonyl (C=O) groups excluding carboxylic acids is 3. The molecule has 0 bridgehead atoms. The Labute approximate surface area is 201 Å². The van der Waals surface area contributed by atoms with Crippen LogP contribution in [0, 0.1) is 12.8 Å². The van der Waals surface area contributed by atoms with Gasteiger partial charge >= 0.3 is 18.0 Å². The van der Waals surface area contributed by atoms with Crippen LogP contribution in [0.2, 0.25) is 0 Å². The van der Waals surface area contributed by atoms with Crippen LogP contribution in [0.5, 0.6) is 0 Å². The Morgan fingerprint density at radius 1 is 1.15 bits per heavy atom. The number of aryl methyl sites for hydroxylation is 1. The minimum atomic E-state index is -0.610. The molecule has 1 atom stereocenters. The van der Waals surface area contributed by atoms with E-state index in [9.17, 15) is 14.4 Å². The fraction of sp³-hybridized carbons (Fsp3) is 0.500. The van der Waals surface area contributed by atoms with E-state index in [1.807, 2.05) is 38.1 Å². The lowest BCUT2D eigenvalue weighted by Gasteiger charge is -2.39. The normalized spacial score (nSPS) is 19.6. The van der Waals surface area contributed by atoms with Crippen LogP contribution < -0.4 is 5.32 Å². The van der Waals surface area contributed by atoms with Crippen molar-refractivity contribution in [3.63, 3.8) is 0 Å². The molecule has 184 valence electrons. The third-order valence-corrected chi connectivity index (χ3v) is 6.33. The fourth-order valence-corrected chi connectivity index (χ4v) is 4.59. The quantitative estimate of drug-likeness (QED) is 0.441. The number of carbonyl (C=O) groups is 3. The van der Waals surface area contributed by atoms with Crippen LogP contribution >= 0.6 is 0 Å². The zero-order valence-corrected chi connectivity index (χ0v) is 20.3. The predicted octanol–water partition coefficient (Wildman–Crippen LogP) is 3.34. The Balaban J connectivity index is 1.97. The van der Waals surface area contributed by atoms with Gasteiger partial charge in [0.15, 0.2) is 0 Å². The zero-order valence-electron chi connectivity index (χ0n) is 20.3. The molecule has 0 radical (unpaired) electrons. The van der Waals surface area contributed by atoms with Crippen LogP contribution in [-0.4, -0.2) is 67.2 Å². The van der Waals surface area contributed by atoms with E-state index < -0.39 is 12.0 Å². The summed E-state index contributed by atoms with van der Waals surface area (Å²) in [5.74, 6) is -0.715. The van der Waals surface area contributed by atoms with Gasteiger partial charge in [-0.2, -0.15) is 0 Å². The molecule has 3 rings (SSSR count). The number of nitrogens with zero attached hydrogens (tertiary/aromatic N) is 2. The average molecular weight is 470 g/mol. The smallest absolute Gasteiger partial charge is 0.338 e. The standard InChI is InChI=1S/C26H35N3O5/c1-5-14-29-21(17-28-15-12-19(13-16-28)24(30)33-6-2)22(25(31)34-7-3)23(27-26(29)32)20-11-9-8-10-18(20)4/h5,8-11,19,23H,1,6-7,12-17H2,2-4H3,(H,27,32)/t23-/m0/s1. The monoisotopic (exact) mass is 469 g/mol. The molecule has 0 aliphatic carbocycles. The topological polar surface area (TPSA) is 88.2 Å². The van der Waals surface area contributed by atoms with Gasteiger partial charge in [-0.25, -0.2) is 9.59 Å². The minimum Gasteiger partial charge on any atom is -0.466 e. The maximum atomic E-state index is 13.3. The van der Waals surface area contributed by atoms with Gasteiger partial charge in [0.2, 0.25) is 0 Å². The van der Waals surface area contributed by atoms with Crippen molar-refractivity contribution in [2.45, 2.75) is 39.7 Å². The van der Waals surface area contributed by atoms with Crippen molar-refractivity contribution in [3.8, 4) is 0 Å². The van der Waals surface area contributed by atoms with Crippen LogP contribution in [0.25, 0.3) is 0 Å². The van der Waals surface area contributed by atoms with Gasteiger partial charge in [0, 0.05) is 18.8 Å². The van der Waals surface area contributed by atoms with Crippen LogP contribution in [-0.2, 0) is 19.1 Å². The summed E-state index contributed by atoms with van der Waals surface area (Å²) in [4.78, 5) is 42.3. The highest BCUT2D eigenvalue weighted by Gasteiger charge is 2.39. The summed E-state index contributed by atoms with van der Waals surface area (Å²) < 4.78 is 10.6. The Bertz CT molecular complexity index is 950. The van der Waals surface area contributed by atoms with Crippen molar-refractivity contribution >= 4 is 18.0 Å². The van der Waals surface area contributed by atoms with Crippen molar-refractivity contribution in [2.24, 2.45) is 5.92 Å². The number of benzene rings is 1. The van der Waals surface area contributed by atoms with Gasteiger partial charge in [-0.1, -0.05) is 30.3 Å². The van der Waals surface area contributed by atoms with Gasteiger partial charge in [-0.3, -0.25) is 14.6 Å². The molecule has 2 aliphatic rings. The van der Waals surface area contributed by atoms with Gasteiger partial charge in [0.1, 0.15) is 0 Å². The number of amides is 2. The second-order valence-electron chi connectivity index (χ2n) is 8.52. The highest BCUT2D eigenvalue weighted by molar-refractivity contribution is 5.95. The molecule has 2 aliphatic heterocycles. The van der Waals surface area contributed by atoms with Crippen molar-refractivity contribution in [2.75, 3.05) is 39.4 Å². The largest absolute Gasteiger partial charge is 0.466 e. The first-order valence-corrected chi connectivity index (χ1v) is 11.9. The average Bonchev–Trinajstić information content (AvgIpc) is 2.82. The molecule has 0 saturated carbocycles. The number of nitrogens with one attached hydrogen (secondary N) is 1. The number of hydrogen-bond acceptors (Lipinski definition) is 6. The highest BCUT2D eigenvalue weighted by Crippen LogP contribution is 2.34. The van der Waals surface area contributed by atoms with Crippen LogP contribution in [0.4, 0.5) is 4.79 Å². The molecule has 1 N–H and O–H groups in total. The molecule has 8 nitrogen and oxygen atoms in total. The Morgan fingerprint density at radius 2 is 1.82 bits per heavy atom. The molecule has 1 aromatic carbocycles. The summed E-state index contributed by atoms with van der Waals surface area (Å²) in [7, 11) is 0. The molecular weight excluding hydrogens is 434 g/mol. The SMILES string of the molecule is C=CCN1C(=O)N[C@@H](c2ccccc2C)C(C(=O)OCC)=C1CN1CCC(C(=O)OCC)CC1. The summed E-state index contributed by atoms with van der Waals surface area (Å²) >= 11 is 0. The van der Waals surface area contributed by atoms with Gasteiger partial charge in [0.25, 0.3) is 0 Å². The molecule has 8 heteroatoms. The maximum absolute atomic E-state index is 13.3. The second kappa shape index (κ2) is 11.8. The van der Waals surface area contributed by atoms with Gasteiger partial charge in [-0.15, -0.1) is 6.58 Å². The van der Waals surface area contributed by atoms with Crippen molar-refractivity contribution < 1.29 is 23.9 Å². The second-order valence-corrected chi connectivity index (χ2v) is 8.52. The number of hydrogen-bond donors (Lipinski definition) is 1. The molecule has 1 saturated heterocycles. The van der Waals surface area contributed by atoms with Gasteiger partial charge in [0.05, 0.1) is 30.7 Å². The number of rotatable bonds is 9.